The van der Waals surface area contributed by atoms with Crippen LogP contribution in [0.5, 0.6) is 0 Å². The maximum Gasteiger partial charge on any atom is 0.472 e. The molecule has 2 fully saturated rings. The first-order chi connectivity index (χ1) is 26.0. The molecule has 286 valence electrons. The van der Waals surface area contributed by atoms with Gasteiger partial charge in [-0.1, -0.05) is 60.7 Å². The third-order valence-corrected chi connectivity index (χ3v) is 9.84. The van der Waals surface area contributed by atoms with Crippen molar-refractivity contribution in [2.24, 2.45) is 0 Å². The summed E-state index contributed by atoms with van der Waals surface area (Å²) in [5.74, 6) is 0.0234. The first-order valence-electron chi connectivity index (χ1n) is 16.7. The average molecular weight is 769 g/mol. The molecule has 5 aromatic rings. The van der Waals surface area contributed by atoms with E-state index < -0.39 is 81.4 Å². The van der Waals surface area contributed by atoms with Crippen LogP contribution in [0.3, 0.4) is 0 Å². The number of nitrogens with zero attached hydrogens (tertiary/aromatic N) is 6. The molecule has 2 saturated heterocycles. The number of ether oxygens (including phenoxy) is 4. The van der Waals surface area contributed by atoms with E-state index in [-0.39, 0.29) is 30.3 Å². The summed E-state index contributed by atoms with van der Waals surface area (Å²) < 4.78 is 51.3. The summed E-state index contributed by atoms with van der Waals surface area (Å²) in [7, 11) is -5.07. The van der Waals surface area contributed by atoms with Gasteiger partial charge in [0.1, 0.15) is 48.8 Å². The normalized spacial score (nSPS) is 26.7. The number of aromatic amines is 1. The lowest BCUT2D eigenvalue weighted by Gasteiger charge is -2.26. The summed E-state index contributed by atoms with van der Waals surface area (Å²) in [6.45, 7) is 0.230. The van der Waals surface area contributed by atoms with E-state index in [1.54, 1.807) is 31.2 Å². The number of imidazole rings is 1. The third kappa shape index (κ3) is 8.03. The molecule has 2 aliphatic heterocycles. The molecule has 3 unspecified atom stereocenters. The molecule has 0 spiro atoms. The van der Waals surface area contributed by atoms with Gasteiger partial charge in [-0.25, -0.2) is 24.3 Å². The number of hydrogen-bond acceptors (Lipinski definition) is 16. The molecule has 0 aliphatic carbocycles. The maximum absolute atomic E-state index is 13.6. The van der Waals surface area contributed by atoms with Crippen LogP contribution in [0.2, 0.25) is 0 Å². The number of nitrogens with two attached hydrogens (primary N) is 1. The molecule has 0 amide bonds. The van der Waals surface area contributed by atoms with Crippen LogP contribution in [0, 0.1) is 6.92 Å². The van der Waals surface area contributed by atoms with E-state index in [0.29, 0.717) is 5.82 Å². The van der Waals surface area contributed by atoms with Gasteiger partial charge in [0.2, 0.25) is 5.95 Å². The molecule has 0 radical (unpaired) electrons. The second kappa shape index (κ2) is 15.9. The topological polar surface area (TPSA) is 271 Å². The number of benzene rings is 2. The highest BCUT2D eigenvalue weighted by molar-refractivity contribution is 7.47. The lowest BCUT2D eigenvalue weighted by molar-refractivity contribution is -0.0821. The Morgan fingerprint density at radius 2 is 1.48 bits per heavy atom. The predicted octanol–water partition coefficient (Wildman–Crippen LogP) is 0.483. The van der Waals surface area contributed by atoms with Crippen molar-refractivity contribution >= 4 is 24.9 Å². The van der Waals surface area contributed by atoms with Gasteiger partial charge in [0, 0.05) is 0 Å². The van der Waals surface area contributed by atoms with Gasteiger partial charge in [0.15, 0.2) is 23.6 Å². The zero-order valence-electron chi connectivity index (χ0n) is 28.6. The van der Waals surface area contributed by atoms with Gasteiger partial charge in [-0.3, -0.25) is 23.0 Å². The summed E-state index contributed by atoms with van der Waals surface area (Å²) in [5.41, 5.74) is 5.91. The van der Waals surface area contributed by atoms with Crippen molar-refractivity contribution in [1.82, 2.24) is 34.1 Å². The maximum atomic E-state index is 13.6. The molecule has 7 rings (SSSR count). The molecule has 21 heteroatoms. The Balaban J connectivity index is 1.11. The van der Waals surface area contributed by atoms with Crippen molar-refractivity contribution in [2.75, 3.05) is 18.9 Å². The van der Waals surface area contributed by atoms with Crippen LogP contribution >= 0.6 is 7.82 Å². The highest BCUT2D eigenvalue weighted by Crippen LogP contribution is 2.50. The van der Waals surface area contributed by atoms with Crippen LogP contribution in [-0.2, 0) is 45.8 Å². The molecule has 20 nitrogen and oxygen atoms in total. The third-order valence-electron chi connectivity index (χ3n) is 8.85. The Bertz CT molecular complexity index is 2220. The average Bonchev–Trinajstić information content (AvgIpc) is 3.82. The van der Waals surface area contributed by atoms with Crippen molar-refractivity contribution < 1.29 is 47.7 Å². The van der Waals surface area contributed by atoms with Gasteiger partial charge in [-0.2, -0.15) is 4.98 Å². The zero-order valence-corrected chi connectivity index (χ0v) is 29.5. The number of aryl methyl sites for hydroxylation is 1. The highest BCUT2D eigenvalue weighted by atomic mass is 31.2. The number of fused-ring (bicyclic) bond motifs is 1. The van der Waals surface area contributed by atoms with E-state index in [9.17, 15) is 29.3 Å². The largest absolute Gasteiger partial charge is 0.472 e. The predicted molar refractivity (Wildman–Crippen MR) is 185 cm³/mol. The molecule has 0 bridgehead atoms. The number of aliphatic hydroxyl groups is 2. The van der Waals surface area contributed by atoms with E-state index in [4.69, 9.17) is 33.7 Å². The lowest BCUT2D eigenvalue weighted by atomic mass is 10.1. The monoisotopic (exact) mass is 768 g/mol. The molecule has 2 aliphatic rings. The lowest BCUT2D eigenvalue weighted by Crippen LogP contribution is -2.39. The SMILES string of the molecule is Cc1nc2c(ncn2[C@@H]2O[C@H](CO)C(OP(=O)(O)OC[C@H]3O[C@@H](n4cnc(N)nc4=O)[C@@H](OCc4ccccc4)C3O)[C@@H]2OCc2ccccc2)c(=O)[nH]1. The number of nitrogens with one attached hydrogen (secondary N) is 1. The van der Waals surface area contributed by atoms with E-state index in [1.165, 1.54) is 10.9 Å². The van der Waals surface area contributed by atoms with E-state index in [2.05, 4.69) is 24.9 Å². The summed E-state index contributed by atoms with van der Waals surface area (Å²) in [6, 6.07) is 18.1. The Kier molecular flexibility index (Phi) is 11.1. The van der Waals surface area contributed by atoms with Crippen LogP contribution in [-0.4, -0.2) is 99.0 Å². The molecule has 5 heterocycles. The van der Waals surface area contributed by atoms with Crippen molar-refractivity contribution in [3.63, 3.8) is 0 Å². The van der Waals surface area contributed by atoms with E-state index >= 15 is 0 Å². The minimum Gasteiger partial charge on any atom is -0.394 e. The fourth-order valence-electron chi connectivity index (χ4n) is 6.28. The number of aromatic nitrogens is 7. The Morgan fingerprint density at radius 1 is 0.870 bits per heavy atom. The standard InChI is InChI=1S/C33H37N8O12P/c1-18-37-28-23(29(44)38-18)35-16-40(28)31-27(49-14-20-10-6-3-7-11-20)25(21(12-42)51-31)53-54(46,47)50-15-22-24(43)26(48-13-19-8-4-2-5-9-19)30(52-22)41-17-36-32(34)39-33(41)45/h2-11,16-17,21-22,24-27,30-31,42-43H,12-15H2,1H3,(H,46,47)(H2,34,39,45)(H,37,38,44)/t21-,22-,24?,25?,26+,27+,30-,31-/m1/s1. The fourth-order valence-corrected chi connectivity index (χ4v) is 7.24. The molecule has 0 saturated carbocycles. The first-order valence-corrected chi connectivity index (χ1v) is 18.2. The Morgan fingerprint density at radius 3 is 2.13 bits per heavy atom. The van der Waals surface area contributed by atoms with Gasteiger partial charge in [0.05, 0.1) is 32.8 Å². The summed E-state index contributed by atoms with van der Waals surface area (Å²) in [6.07, 6.45) is -7.85. The number of H-pyrrole nitrogens is 1. The van der Waals surface area contributed by atoms with Crippen molar-refractivity contribution in [3.8, 4) is 0 Å². The van der Waals surface area contributed by atoms with Crippen LogP contribution in [0.1, 0.15) is 29.4 Å². The van der Waals surface area contributed by atoms with Gasteiger partial charge in [-0.15, -0.1) is 0 Å². The zero-order chi connectivity index (χ0) is 38.0. The molecule has 54 heavy (non-hydrogen) atoms. The summed E-state index contributed by atoms with van der Waals surface area (Å²) >= 11 is 0. The summed E-state index contributed by atoms with van der Waals surface area (Å²) in [4.78, 5) is 55.0. The molecule has 9 atom stereocenters. The van der Waals surface area contributed by atoms with Crippen LogP contribution in [0.15, 0.2) is 82.9 Å². The number of phosphoric ester groups is 1. The van der Waals surface area contributed by atoms with Gasteiger partial charge >= 0.3 is 13.5 Å². The smallest absolute Gasteiger partial charge is 0.394 e. The molecular formula is C33H37N8O12P. The number of phosphoric acid groups is 1. The van der Waals surface area contributed by atoms with E-state index in [1.807, 2.05) is 36.4 Å². The highest BCUT2D eigenvalue weighted by Gasteiger charge is 2.52. The molecular weight excluding hydrogens is 731 g/mol. The number of aliphatic hydroxyl groups excluding tert-OH is 2. The number of rotatable bonds is 14. The number of anilines is 1. The van der Waals surface area contributed by atoms with Crippen LogP contribution in [0.4, 0.5) is 5.95 Å². The van der Waals surface area contributed by atoms with Crippen molar-refractivity contribution in [3.05, 3.63) is 111 Å². The first kappa shape index (κ1) is 37.6. The molecule has 6 N–H and O–H groups in total. The minimum atomic E-state index is -5.07. The second-order valence-corrected chi connectivity index (χ2v) is 13.9. The van der Waals surface area contributed by atoms with Crippen LogP contribution in [0.25, 0.3) is 11.2 Å². The van der Waals surface area contributed by atoms with E-state index in [0.717, 1.165) is 22.0 Å². The van der Waals surface area contributed by atoms with Crippen molar-refractivity contribution in [2.45, 2.75) is 69.2 Å². The van der Waals surface area contributed by atoms with Crippen molar-refractivity contribution in [1.29, 1.82) is 0 Å². The quantitative estimate of drug-likeness (QED) is 0.0962. The Hall–Kier alpha value is -4.73. The Labute approximate surface area is 305 Å². The second-order valence-electron chi connectivity index (χ2n) is 12.5. The van der Waals surface area contributed by atoms with Gasteiger partial charge < -0.3 is 44.8 Å². The van der Waals surface area contributed by atoms with Gasteiger partial charge in [0.25, 0.3) is 5.56 Å². The summed E-state index contributed by atoms with van der Waals surface area (Å²) in [5, 5.41) is 21.7. The molecule has 3 aromatic heterocycles. The number of nitrogen functional groups attached to an aromatic ring is 1. The molecule has 2 aromatic carbocycles. The number of hydrogen-bond donors (Lipinski definition) is 5. The van der Waals surface area contributed by atoms with Crippen LogP contribution < -0.4 is 17.0 Å². The van der Waals surface area contributed by atoms with Gasteiger partial charge in [-0.05, 0) is 18.1 Å². The fraction of sp³-hybridized carbons (Fsp3) is 0.394. The minimum absolute atomic E-state index is 0.00170.